The van der Waals surface area contributed by atoms with Crippen LogP contribution in [0, 0.1) is 5.41 Å². The first-order valence-corrected chi connectivity index (χ1v) is 8.19. The molecule has 7 nitrogen and oxygen atoms in total. The Hall–Kier alpha value is -3.09. The number of aliphatic carboxylic acids is 1. The average molecular weight is 358 g/mol. The second kappa shape index (κ2) is 8.33. The maximum absolute atomic E-state index is 12.6. The number of hydrogen-bond acceptors (Lipinski definition) is 4. The first-order valence-electron chi connectivity index (χ1n) is 8.19. The Bertz CT molecular complexity index is 754. The van der Waals surface area contributed by atoms with Gasteiger partial charge in [-0.2, -0.15) is 0 Å². The number of carboxylic acid groups (broad SMARTS) is 1. The molecular weight excluding hydrogens is 336 g/mol. The van der Waals surface area contributed by atoms with E-state index in [0.29, 0.717) is 0 Å². The van der Waals surface area contributed by atoms with Gasteiger partial charge in [-0.15, -0.1) is 0 Å². The summed E-state index contributed by atoms with van der Waals surface area (Å²) in [7, 11) is 0. The number of carbonyl (C=O) groups is 3. The summed E-state index contributed by atoms with van der Waals surface area (Å²) >= 11 is 0. The van der Waals surface area contributed by atoms with E-state index in [9.17, 15) is 14.4 Å². The molecule has 1 aromatic heterocycles. The van der Waals surface area contributed by atoms with Crippen molar-refractivity contribution in [3.05, 3.63) is 60.1 Å². The molecule has 0 radical (unpaired) electrons. The Labute approximate surface area is 151 Å². The Morgan fingerprint density at radius 1 is 1.12 bits per heavy atom. The standard InChI is InChI=1S/C19H22N2O5/c1-19(2,18(24)25)12-20-16(22)14(11-13-7-4-3-5-8-13)21-17(23)15-9-6-10-26-15/h3-10,14H,11-12H2,1-2H3,(H,20,22)(H,21,23)(H,24,25). The van der Waals surface area contributed by atoms with Gasteiger partial charge < -0.3 is 20.2 Å². The number of carboxylic acids is 1. The predicted molar refractivity (Wildman–Crippen MR) is 94.5 cm³/mol. The number of furan rings is 1. The third kappa shape index (κ3) is 5.20. The minimum absolute atomic E-state index is 0.0525. The van der Waals surface area contributed by atoms with Gasteiger partial charge in [0.1, 0.15) is 6.04 Å². The summed E-state index contributed by atoms with van der Waals surface area (Å²) in [6.07, 6.45) is 1.64. The molecule has 0 aliphatic carbocycles. The highest BCUT2D eigenvalue weighted by Crippen LogP contribution is 2.13. The normalized spacial score (nSPS) is 12.2. The molecule has 2 amide bonds. The van der Waals surface area contributed by atoms with Gasteiger partial charge in [-0.1, -0.05) is 30.3 Å². The highest BCUT2D eigenvalue weighted by Gasteiger charge is 2.30. The van der Waals surface area contributed by atoms with Gasteiger partial charge in [0.2, 0.25) is 5.91 Å². The van der Waals surface area contributed by atoms with Crippen molar-refractivity contribution in [1.29, 1.82) is 0 Å². The van der Waals surface area contributed by atoms with Gasteiger partial charge in [0, 0.05) is 13.0 Å². The minimum atomic E-state index is -1.11. The van der Waals surface area contributed by atoms with Crippen molar-refractivity contribution in [2.75, 3.05) is 6.54 Å². The Kier molecular flexibility index (Phi) is 6.16. The van der Waals surface area contributed by atoms with E-state index in [4.69, 9.17) is 9.52 Å². The maximum Gasteiger partial charge on any atom is 0.310 e. The van der Waals surface area contributed by atoms with Gasteiger partial charge in [-0.3, -0.25) is 14.4 Å². The predicted octanol–water partition coefficient (Wildman–Crippen LogP) is 1.85. The van der Waals surface area contributed by atoms with Crippen LogP contribution < -0.4 is 10.6 Å². The average Bonchev–Trinajstić information content (AvgIpc) is 3.14. The van der Waals surface area contributed by atoms with Crippen LogP contribution >= 0.6 is 0 Å². The molecular formula is C19H22N2O5. The summed E-state index contributed by atoms with van der Waals surface area (Å²) in [5.41, 5.74) is -0.247. The molecule has 0 bridgehead atoms. The molecule has 0 saturated heterocycles. The van der Waals surface area contributed by atoms with E-state index >= 15 is 0 Å². The largest absolute Gasteiger partial charge is 0.481 e. The SMILES string of the molecule is CC(C)(CNC(=O)C(Cc1ccccc1)NC(=O)c1ccco1)C(=O)O. The zero-order valence-corrected chi connectivity index (χ0v) is 14.7. The Morgan fingerprint density at radius 3 is 2.38 bits per heavy atom. The van der Waals surface area contributed by atoms with Gasteiger partial charge in [-0.25, -0.2) is 0 Å². The van der Waals surface area contributed by atoms with Crippen molar-refractivity contribution in [3.63, 3.8) is 0 Å². The van der Waals surface area contributed by atoms with Gasteiger partial charge in [0.15, 0.2) is 5.76 Å². The van der Waals surface area contributed by atoms with Gasteiger partial charge >= 0.3 is 5.97 Å². The fourth-order valence-corrected chi connectivity index (χ4v) is 2.20. The molecule has 0 saturated carbocycles. The van der Waals surface area contributed by atoms with Crippen molar-refractivity contribution >= 4 is 17.8 Å². The fraction of sp³-hybridized carbons (Fsp3) is 0.316. The van der Waals surface area contributed by atoms with Gasteiger partial charge in [-0.05, 0) is 31.5 Å². The molecule has 26 heavy (non-hydrogen) atoms. The lowest BCUT2D eigenvalue weighted by molar-refractivity contribution is -0.146. The topological polar surface area (TPSA) is 109 Å². The summed E-state index contributed by atoms with van der Waals surface area (Å²) in [5, 5.41) is 14.4. The smallest absolute Gasteiger partial charge is 0.310 e. The number of hydrogen-bond donors (Lipinski definition) is 3. The molecule has 1 atom stereocenters. The molecule has 2 rings (SSSR count). The van der Waals surface area contributed by atoms with Crippen molar-refractivity contribution in [2.24, 2.45) is 5.41 Å². The van der Waals surface area contributed by atoms with Crippen LogP contribution in [0.3, 0.4) is 0 Å². The molecule has 7 heteroatoms. The van der Waals surface area contributed by atoms with Crippen LogP contribution in [-0.2, 0) is 16.0 Å². The van der Waals surface area contributed by atoms with E-state index in [-0.39, 0.29) is 18.7 Å². The second-order valence-corrected chi connectivity index (χ2v) is 6.60. The van der Waals surface area contributed by atoms with Crippen LogP contribution in [0.4, 0.5) is 0 Å². The quantitative estimate of drug-likeness (QED) is 0.667. The van der Waals surface area contributed by atoms with E-state index < -0.39 is 29.2 Å². The minimum Gasteiger partial charge on any atom is -0.481 e. The number of benzene rings is 1. The zero-order chi connectivity index (χ0) is 19.2. The zero-order valence-electron chi connectivity index (χ0n) is 14.7. The highest BCUT2D eigenvalue weighted by molar-refractivity contribution is 5.95. The lowest BCUT2D eigenvalue weighted by atomic mass is 9.93. The van der Waals surface area contributed by atoms with Crippen molar-refractivity contribution < 1.29 is 23.9 Å². The number of carbonyl (C=O) groups excluding carboxylic acids is 2. The van der Waals surface area contributed by atoms with E-state index in [2.05, 4.69) is 10.6 Å². The summed E-state index contributed by atoms with van der Waals surface area (Å²) in [5.74, 6) is -1.88. The third-order valence-corrected chi connectivity index (χ3v) is 3.93. The number of rotatable bonds is 8. The first-order chi connectivity index (χ1) is 12.3. The van der Waals surface area contributed by atoms with Crippen molar-refractivity contribution in [2.45, 2.75) is 26.3 Å². The van der Waals surface area contributed by atoms with Crippen molar-refractivity contribution in [1.82, 2.24) is 10.6 Å². The van der Waals surface area contributed by atoms with Crippen LogP contribution in [0.2, 0.25) is 0 Å². The fourth-order valence-electron chi connectivity index (χ4n) is 2.20. The summed E-state index contributed by atoms with van der Waals surface area (Å²) in [6, 6.07) is 11.4. The maximum atomic E-state index is 12.6. The van der Waals surface area contributed by atoms with Crippen LogP contribution in [0.25, 0.3) is 0 Å². The lowest BCUT2D eigenvalue weighted by Crippen LogP contribution is -2.50. The van der Waals surface area contributed by atoms with Crippen LogP contribution in [0.1, 0.15) is 30.0 Å². The molecule has 0 fully saturated rings. The van der Waals surface area contributed by atoms with Crippen LogP contribution in [-0.4, -0.2) is 35.5 Å². The van der Waals surface area contributed by atoms with Crippen LogP contribution in [0.5, 0.6) is 0 Å². The van der Waals surface area contributed by atoms with Gasteiger partial charge in [0.05, 0.1) is 11.7 Å². The van der Waals surface area contributed by atoms with E-state index in [1.54, 1.807) is 6.07 Å². The molecule has 1 unspecified atom stereocenters. The monoisotopic (exact) mass is 358 g/mol. The molecule has 138 valence electrons. The Balaban J connectivity index is 2.10. The molecule has 1 heterocycles. The summed E-state index contributed by atoms with van der Waals surface area (Å²) in [4.78, 5) is 36.0. The Morgan fingerprint density at radius 2 is 1.81 bits per heavy atom. The number of amides is 2. The molecule has 0 aliphatic rings. The molecule has 1 aromatic carbocycles. The van der Waals surface area contributed by atoms with Crippen LogP contribution in [0.15, 0.2) is 53.1 Å². The molecule has 2 aromatic rings. The van der Waals surface area contributed by atoms with Crippen molar-refractivity contribution in [3.8, 4) is 0 Å². The van der Waals surface area contributed by atoms with E-state index in [0.717, 1.165) is 5.56 Å². The molecule has 0 aliphatic heterocycles. The first kappa shape index (κ1) is 19.2. The molecule has 3 N–H and O–H groups in total. The molecule has 0 spiro atoms. The van der Waals surface area contributed by atoms with E-state index in [1.807, 2.05) is 30.3 Å². The van der Waals surface area contributed by atoms with Gasteiger partial charge in [0.25, 0.3) is 5.91 Å². The second-order valence-electron chi connectivity index (χ2n) is 6.60. The number of nitrogens with one attached hydrogen (secondary N) is 2. The highest BCUT2D eigenvalue weighted by atomic mass is 16.4. The van der Waals surface area contributed by atoms with E-state index in [1.165, 1.54) is 26.2 Å². The summed E-state index contributed by atoms with van der Waals surface area (Å²) < 4.78 is 5.05. The summed E-state index contributed by atoms with van der Waals surface area (Å²) in [6.45, 7) is 2.98. The third-order valence-electron chi connectivity index (χ3n) is 3.93. The lowest BCUT2D eigenvalue weighted by Gasteiger charge is -2.23.